The van der Waals surface area contributed by atoms with Crippen molar-refractivity contribution in [2.24, 2.45) is 0 Å². The number of benzene rings is 2. The first-order chi connectivity index (χ1) is 13.6. The van der Waals surface area contributed by atoms with Gasteiger partial charge in [-0.3, -0.25) is 10.00 Å². The lowest BCUT2D eigenvalue weighted by Gasteiger charge is -2.32. The Bertz CT molecular complexity index is 956. The zero-order valence-corrected chi connectivity index (χ0v) is 15.8. The number of likely N-dealkylation sites (tertiary alicyclic amines) is 1. The highest BCUT2D eigenvalue weighted by molar-refractivity contribution is 5.65. The van der Waals surface area contributed by atoms with Gasteiger partial charge in [0.15, 0.2) is 11.6 Å². The van der Waals surface area contributed by atoms with E-state index in [1.807, 2.05) is 6.07 Å². The molecule has 28 heavy (non-hydrogen) atoms. The molecular formula is C22H23F2N3O. The van der Waals surface area contributed by atoms with E-state index in [0.29, 0.717) is 0 Å². The minimum Gasteiger partial charge on any atom is -0.494 e. The van der Waals surface area contributed by atoms with Crippen molar-refractivity contribution >= 4 is 0 Å². The molecule has 0 aliphatic carbocycles. The lowest BCUT2D eigenvalue weighted by atomic mass is 9.90. The van der Waals surface area contributed by atoms with Gasteiger partial charge >= 0.3 is 0 Å². The summed E-state index contributed by atoms with van der Waals surface area (Å²) >= 11 is 0. The van der Waals surface area contributed by atoms with E-state index in [1.54, 1.807) is 30.5 Å². The van der Waals surface area contributed by atoms with Gasteiger partial charge in [-0.2, -0.15) is 5.10 Å². The maximum absolute atomic E-state index is 13.7. The van der Waals surface area contributed by atoms with E-state index >= 15 is 0 Å². The number of aromatic amines is 1. The summed E-state index contributed by atoms with van der Waals surface area (Å²) in [5.74, 6) is -0.0370. The Labute approximate surface area is 163 Å². The molecule has 2 aromatic carbocycles. The Balaban J connectivity index is 1.51. The van der Waals surface area contributed by atoms with E-state index in [-0.39, 0.29) is 23.3 Å². The van der Waals surface area contributed by atoms with Gasteiger partial charge in [0.05, 0.1) is 13.3 Å². The smallest absolute Gasteiger partial charge is 0.165 e. The molecule has 1 N–H and O–H groups in total. The van der Waals surface area contributed by atoms with E-state index in [2.05, 4.69) is 15.1 Å². The molecule has 1 atom stereocenters. The van der Waals surface area contributed by atoms with Gasteiger partial charge in [0.25, 0.3) is 0 Å². The van der Waals surface area contributed by atoms with E-state index in [1.165, 1.54) is 19.2 Å². The molecule has 0 bridgehead atoms. The van der Waals surface area contributed by atoms with Gasteiger partial charge in [-0.15, -0.1) is 0 Å². The van der Waals surface area contributed by atoms with Crippen molar-refractivity contribution in [3.05, 3.63) is 71.6 Å². The number of hydrogen-bond donors (Lipinski definition) is 1. The Hall–Kier alpha value is -2.73. The highest BCUT2D eigenvalue weighted by atomic mass is 19.1. The molecule has 1 fully saturated rings. The first-order valence-corrected chi connectivity index (χ1v) is 9.48. The second kappa shape index (κ2) is 8.10. The van der Waals surface area contributed by atoms with Crippen LogP contribution in [0.15, 0.2) is 48.7 Å². The third-order valence-electron chi connectivity index (χ3n) is 5.34. The average Bonchev–Trinajstić information content (AvgIpc) is 3.20. The highest BCUT2D eigenvalue weighted by Crippen LogP contribution is 2.33. The third kappa shape index (κ3) is 3.92. The molecule has 1 aliphatic heterocycles. The first-order valence-electron chi connectivity index (χ1n) is 9.48. The minimum atomic E-state index is -0.347. The molecule has 0 amide bonds. The average molecular weight is 383 g/mol. The summed E-state index contributed by atoms with van der Waals surface area (Å²) in [5, 5.41) is 7.36. The van der Waals surface area contributed by atoms with Crippen LogP contribution in [0.5, 0.6) is 5.75 Å². The van der Waals surface area contributed by atoms with Crippen LogP contribution in [0.2, 0.25) is 0 Å². The van der Waals surface area contributed by atoms with E-state index in [0.717, 1.165) is 54.9 Å². The van der Waals surface area contributed by atoms with Gasteiger partial charge in [0.1, 0.15) is 5.82 Å². The standard InChI is InChI=1S/C22H23F2N3O/c1-28-21-10-15(7-8-20(21)24)13-27-9-3-5-17(14-27)22-19(12-25-26-22)16-4-2-6-18(23)11-16/h2,4,6-8,10-12,17H,3,5,9,13-14H2,1H3,(H,25,26)/t17-/m1/s1. The van der Waals surface area contributed by atoms with Crippen molar-refractivity contribution in [2.45, 2.75) is 25.3 Å². The highest BCUT2D eigenvalue weighted by Gasteiger charge is 2.25. The number of H-pyrrole nitrogens is 1. The first kappa shape index (κ1) is 18.6. The fraction of sp³-hybridized carbons (Fsp3) is 0.318. The number of nitrogens with zero attached hydrogens (tertiary/aromatic N) is 2. The fourth-order valence-electron chi connectivity index (χ4n) is 3.99. The van der Waals surface area contributed by atoms with Crippen molar-refractivity contribution in [3.63, 3.8) is 0 Å². The van der Waals surface area contributed by atoms with Gasteiger partial charge in [-0.25, -0.2) is 8.78 Å². The molecule has 1 aromatic heterocycles. The molecule has 1 saturated heterocycles. The largest absolute Gasteiger partial charge is 0.494 e. The molecular weight excluding hydrogens is 360 g/mol. The second-order valence-corrected chi connectivity index (χ2v) is 7.25. The van der Waals surface area contributed by atoms with Crippen LogP contribution in [0.4, 0.5) is 8.78 Å². The quantitative estimate of drug-likeness (QED) is 0.692. The van der Waals surface area contributed by atoms with Gasteiger partial charge in [0, 0.05) is 30.3 Å². The van der Waals surface area contributed by atoms with Crippen molar-refractivity contribution in [2.75, 3.05) is 20.2 Å². The van der Waals surface area contributed by atoms with E-state index < -0.39 is 0 Å². The van der Waals surface area contributed by atoms with Crippen LogP contribution < -0.4 is 4.74 Å². The fourth-order valence-corrected chi connectivity index (χ4v) is 3.99. The molecule has 0 spiro atoms. The van der Waals surface area contributed by atoms with Crippen LogP contribution in [-0.4, -0.2) is 35.3 Å². The Morgan fingerprint density at radius 3 is 2.93 bits per heavy atom. The second-order valence-electron chi connectivity index (χ2n) is 7.25. The predicted molar refractivity (Wildman–Crippen MR) is 104 cm³/mol. The molecule has 3 aromatic rings. The van der Waals surface area contributed by atoms with Crippen LogP contribution in [0.3, 0.4) is 0 Å². The molecule has 6 heteroatoms. The topological polar surface area (TPSA) is 41.1 Å². The summed E-state index contributed by atoms with van der Waals surface area (Å²) in [4.78, 5) is 2.36. The van der Waals surface area contributed by atoms with Crippen molar-refractivity contribution < 1.29 is 13.5 Å². The minimum absolute atomic E-state index is 0.250. The molecule has 146 valence electrons. The summed E-state index contributed by atoms with van der Waals surface area (Å²) < 4.78 is 32.4. The van der Waals surface area contributed by atoms with Crippen molar-refractivity contribution in [1.29, 1.82) is 0 Å². The van der Waals surface area contributed by atoms with Crippen LogP contribution in [0.25, 0.3) is 11.1 Å². The maximum atomic E-state index is 13.7. The summed E-state index contributed by atoms with van der Waals surface area (Å²) in [6, 6.07) is 11.6. The van der Waals surface area contributed by atoms with Crippen LogP contribution >= 0.6 is 0 Å². The van der Waals surface area contributed by atoms with Gasteiger partial charge < -0.3 is 4.74 Å². The SMILES string of the molecule is COc1cc(CN2CCC[C@@H](c3[nH]ncc3-c3cccc(F)c3)C2)ccc1F. The number of ether oxygens (including phenoxy) is 1. The predicted octanol–water partition coefficient (Wildman–Crippen LogP) is 4.74. The molecule has 4 rings (SSSR count). The van der Waals surface area contributed by atoms with Gasteiger partial charge in [-0.05, 0) is 54.8 Å². The normalized spacial score (nSPS) is 17.6. The number of piperidine rings is 1. The third-order valence-corrected chi connectivity index (χ3v) is 5.34. The number of rotatable bonds is 5. The summed E-state index contributed by atoms with van der Waals surface area (Å²) in [6.07, 6.45) is 3.88. The summed E-state index contributed by atoms with van der Waals surface area (Å²) in [6.45, 7) is 2.58. The molecule has 2 heterocycles. The lowest BCUT2D eigenvalue weighted by molar-refractivity contribution is 0.198. The number of nitrogens with one attached hydrogen (secondary N) is 1. The van der Waals surface area contributed by atoms with E-state index in [9.17, 15) is 8.78 Å². The van der Waals surface area contributed by atoms with Crippen molar-refractivity contribution in [1.82, 2.24) is 15.1 Å². The summed E-state index contributed by atoms with van der Waals surface area (Å²) in [7, 11) is 1.48. The summed E-state index contributed by atoms with van der Waals surface area (Å²) in [5.41, 5.74) is 3.86. The Morgan fingerprint density at radius 2 is 2.11 bits per heavy atom. The number of halogens is 2. The maximum Gasteiger partial charge on any atom is 0.165 e. The number of aromatic nitrogens is 2. The zero-order valence-electron chi connectivity index (χ0n) is 15.8. The number of hydrogen-bond acceptors (Lipinski definition) is 3. The Morgan fingerprint density at radius 1 is 1.21 bits per heavy atom. The van der Waals surface area contributed by atoms with Crippen LogP contribution in [0.1, 0.15) is 30.0 Å². The molecule has 0 saturated carbocycles. The molecule has 0 radical (unpaired) electrons. The van der Waals surface area contributed by atoms with Crippen LogP contribution in [0, 0.1) is 11.6 Å². The Kier molecular flexibility index (Phi) is 5.39. The van der Waals surface area contributed by atoms with Crippen molar-refractivity contribution in [3.8, 4) is 16.9 Å². The molecule has 0 unspecified atom stereocenters. The monoisotopic (exact) mass is 383 g/mol. The van der Waals surface area contributed by atoms with Gasteiger partial charge in [0.2, 0.25) is 0 Å². The van der Waals surface area contributed by atoms with Gasteiger partial charge in [-0.1, -0.05) is 18.2 Å². The van der Waals surface area contributed by atoms with Crippen LogP contribution in [-0.2, 0) is 6.54 Å². The van der Waals surface area contributed by atoms with E-state index in [4.69, 9.17) is 4.74 Å². The molecule has 4 nitrogen and oxygen atoms in total. The molecule has 1 aliphatic rings. The zero-order chi connectivity index (χ0) is 19.5. The number of methoxy groups -OCH3 is 1. The lowest BCUT2D eigenvalue weighted by Crippen LogP contribution is -2.34.